The van der Waals surface area contributed by atoms with Crippen molar-refractivity contribution in [3.05, 3.63) is 12.2 Å². The summed E-state index contributed by atoms with van der Waals surface area (Å²) in [7, 11) is 0. The fourth-order valence-electron chi connectivity index (χ4n) is 1.06. The number of nitrogens with one attached hydrogen (secondary N) is 1. The molecule has 0 aliphatic carbocycles. The molecule has 0 saturated carbocycles. The minimum absolute atomic E-state index is 0.274. The van der Waals surface area contributed by atoms with E-state index in [4.69, 9.17) is 0 Å². The maximum Gasteiger partial charge on any atom is 0.251 e. The molecule has 0 aliphatic rings. The Morgan fingerprint density at radius 3 is 2.87 bits per heavy atom. The summed E-state index contributed by atoms with van der Waals surface area (Å²) in [6.45, 7) is 5.86. The quantitative estimate of drug-likeness (QED) is 0.717. The molecular formula is C9H16N4O2. The molecule has 2 N–H and O–H groups in total. The molecule has 1 amide bonds. The van der Waals surface area contributed by atoms with Gasteiger partial charge in [0.05, 0.1) is 6.54 Å². The van der Waals surface area contributed by atoms with E-state index in [2.05, 4.69) is 15.5 Å². The van der Waals surface area contributed by atoms with Crippen LogP contribution in [-0.2, 0) is 17.9 Å². The van der Waals surface area contributed by atoms with Gasteiger partial charge in [0.2, 0.25) is 0 Å². The van der Waals surface area contributed by atoms with Crippen LogP contribution in [0.25, 0.3) is 0 Å². The normalized spacial score (nSPS) is 11.5. The molecular weight excluding hydrogens is 196 g/mol. The number of hydrogen-bond donors (Lipinski definition) is 2. The molecule has 1 rings (SSSR count). The molecule has 0 spiro atoms. The summed E-state index contributed by atoms with van der Waals surface area (Å²) < 4.78 is 1.82. The molecule has 0 atom stereocenters. The van der Waals surface area contributed by atoms with Crippen molar-refractivity contribution < 1.29 is 9.90 Å². The van der Waals surface area contributed by atoms with Crippen molar-refractivity contribution in [2.24, 2.45) is 0 Å². The molecule has 0 bridgehead atoms. The van der Waals surface area contributed by atoms with E-state index in [0.717, 1.165) is 6.54 Å². The van der Waals surface area contributed by atoms with Gasteiger partial charge in [0.15, 0.2) is 5.82 Å². The second-order valence-electron chi connectivity index (χ2n) is 3.77. The lowest BCUT2D eigenvalue weighted by molar-refractivity contribution is -0.136. The van der Waals surface area contributed by atoms with Crippen LogP contribution in [0.4, 0.5) is 0 Å². The maximum absolute atomic E-state index is 11.3. The van der Waals surface area contributed by atoms with Crippen LogP contribution in [0.2, 0.25) is 0 Å². The average molecular weight is 212 g/mol. The fraction of sp³-hybridized carbons (Fsp3) is 0.667. The standard InChI is InChI=1S/C9H16N4O2/c1-4-13-6-11-12-7(13)5-10-8(14)9(2,3)15/h6,15H,4-5H2,1-3H3,(H,10,14). The number of aryl methyl sites for hydroxylation is 1. The first kappa shape index (κ1) is 11.6. The summed E-state index contributed by atoms with van der Waals surface area (Å²) in [5.41, 5.74) is -1.36. The molecule has 15 heavy (non-hydrogen) atoms. The number of hydrogen-bond acceptors (Lipinski definition) is 4. The van der Waals surface area contributed by atoms with Crippen molar-refractivity contribution in [3.63, 3.8) is 0 Å². The number of carbonyl (C=O) groups is 1. The first-order valence-corrected chi connectivity index (χ1v) is 4.82. The van der Waals surface area contributed by atoms with Crippen LogP contribution in [0.3, 0.4) is 0 Å². The lowest BCUT2D eigenvalue weighted by Gasteiger charge is -2.16. The van der Waals surface area contributed by atoms with Gasteiger partial charge in [-0.1, -0.05) is 0 Å². The van der Waals surface area contributed by atoms with Gasteiger partial charge in [0.25, 0.3) is 5.91 Å². The molecule has 6 nitrogen and oxygen atoms in total. The summed E-state index contributed by atoms with van der Waals surface area (Å²) in [4.78, 5) is 11.3. The van der Waals surface area contributed by atoms with Gasteiger partial charge in [-0.15, -0.1) is 10.2 Å². The van der Waals surface area contributed by atoms with Crippen molar-refractivity contribution in [2.75, 3.05) is 0 Å². The van der Waals surface area contributed by atoms with Crippen LogP contribution in [0.5, 0.6) is 0 Å². The minimum atomic E-state index is -1.36. The Bertz CT molecular complexity index is 340. The molecule has 0 saturated heterocycles. The highest BCUT2D eigenvalue weighted by Gasteiger charge is 2.23. The van der Waals surface area contributed by atoms with Gasteiger partial charge >= 0.3 is 0 Å². The van der Waals surface area contributed by atoms with Crippen LogP contribution in [0, 0.1) is 0 Å². The van der Waals surface area contributed by atoms with Crippen molar-refractivity contribution in [1.29, 1.82) is 0 Å². The van der Waals surface area contributed by atoms with Crippen molar-refractivity contribution >= 4 is 5.91 Å². The maximum atomic E-state index is 11.3. The summed E-state index contributed by atoms with van der Waals surface area (Å²) in [5.74, 6) is 0.253. The van der Waals surface area contributed by atoms with Gasteiger partial charge in [-0.05, 0) is 20.8 Å². The Labute approximate surface area is 88.3 Å². The highest BCUT2D eigenvalue weighted by atomic mass is 16.3. The van der Waals surface area contributed by atoms with E-state index in [-0.39, 0.29) is 6.54 Å². The Hall–Kier alpha value is -1.43. The second-order valence-corrected chi connectivity index (χ2v) is 3.77. The third-order valence-corrected chi connectivity index (χ3v) is 2.00. The molecule has 1 aromatic rings. The zero-order valence-electron chi connectivity index (χ0n) is 9.19. The van der Waals surface area contributed by atoms with E-state index in [1.165, 1.54) is 13.8 Å². The Kier molecular flexibility index (Phi) is 3.41. The van der Waals surface area contributed by atoms with E-state index < -0.39 is 11.5 Å². The van der Waals surface area contributed by atoms with Gasteiger partial charge < -0.3 is 15.0 Å². The highest BCUT2D eigenvalue weighted by molar-refractivity contribution is 5.83. The first-order chi connectivity index (χ1) is 6.95. The third kappa shape index (κ3) is 3.02. The monoisotopic (exact) mass is 212 g/mol. The molecule has 1 aromatic heterocycles. The number of aromatic nitrogens is 3. The lowest BCUT2D eigenvalue weighted by atomic mass is 10.1. The van der Waals surface area contributed by atoms with Gasteiger partial charge in [-0.2, -0.15) is 0 Å². The number of carbonyl (C=O) groups excluding carboxylic acids is 1. The van der Waals surface area contributed by atoms with Gasteiger partial charge in [0.1, 0.15) is 11.9 Å². The van der Waals surface area contributed by atoms with Crippen molar-refractivity contribution in [2.45, 2.75) is 39.5 Å². The molecule has 84 valence electrons. The zero-order valence-corrected chi connectivity index (χ0v) is 9.19. The topological polar surface area (TPSA) is 80.0 Å². The van der Waals surface area contributed by atoms with Crippen LogP contribution in [-0.4, -0.2) is 31.4 Å². The number of aliphatic hydroxyl groups is 1. The second kappa shape index (κ2) is 4.39. The molecule has 6 heteroatoms. The summed E-state index contributed by atoms with van der Waals surface area (Å²) >= 11 is 0. The highest BCUT2D eigenvalue weighted by Crippen LogP contribution is 2.01. The molecule has 1 heterocycles. The molecule has 0 fully saturated rings. The predicted molar refractivity (Wildman–Crippen MR) is 53.8 cm³/mol. The zero-order chi connectivity index (χ0) is 11.5. The lowest BCUT2D eigenvalue weighted by Crippen LogP contribution is -2.41. The summed E-state index contributed by atoms with van der Waals surface area (Å²) in [5, 5.41) is 19.6. The third-order valence-electron chi connectivity index (χ3n) is 2.00. The number of rotatable bonds is 4. The molecule has 0 aromatic carbocycles. The Morgan fingerprint density at radius 2 is 2.33 bits per heavy atom. The fourth-order valence-corrected chi connectivity index (χ4v) is 1.06. The predicted octanol–water partition coefficient (Wildman–Crippen LogP) is -0.315. The van der Waals surface area contributed by atoms with Crippen LogP contribution < -0.4 is 5.32 Å². The minimum Gasteiger partial charge on any atom is -0.381 e. The van der Waals surface area contributed by atoms with E-state index in [0.29, 0.717) is 5.82 Å². The van der Waals surface area contributed by atoms with Crippen LogP contribution in [0.1, 0.15) is 26.6 Å². The first-order valence-electron chi connectivity index (χ1n) is 4.82. The number of nitrogens with zero attached hydrogens (tertiary/aromatic N) is 3. The smallest absolute Gasteiger partial charge is 0.251 e. The van der Waals surface area contributed by atoms with E-state index >= 15 is 0 Å². The largest absolute Gasteiger partial charge is 0.381 e. The Morgan fingerprint density at radius 1 is 1.67 bits per heavy atom. The van der Waals surface area contributed by atoms with Gasteiger partial charge in [-0.25, -0.2) is 0 Å². The summed E-state index contributed by atoms with van der Waals surface area (Å²) in [6, 6.07) is 0. The SMILES string of the molecule is CCn1cnnc1CNC(=O)C(C)(C)O. The van der Waals surface area contributed by atoms with E-state index in [1.54, 1.807) is 6.33 Å². The van der Waals surface area contributed by atoms with E-state index in [9.17, 15) is 9.90 Å². The van der Waals surface area contributed by atoms with E-state index in [1.807, 2.05) is 11.5 Å². The van der Waals surface area contributed by atoms with Crippen LogP contribution in [0.15, 0.2) is 6.33 Å². The summed E-state index contributed by atoms with van der Waals surface area (Å²) in [6.07, 6.45) is 1.60. The molecule has 0 aliphatic heterocycles. The Balaban J connectivity index is 2.54. The number of amides is 1. The average Bonchev–Trinajstić information content (AvgIpc) is 2.59. The van der Waals surface area contributed by atoms with Crippen LogP contribution >= 0.6 is 0 Å². The van der Waals surface area contributed by atoms with Gasteiger partial charge in [-0.3, -0.25) is 4.79 Å². The molecule has 0 radical (unpaired) electrons. The van der Waals surface area contributed by atoms with Gasteiger partial charge in [0, 0.05) is 6.54 Å². The van der Waals surface area contributed by atoms with Crippen molar-refractivity contribution in [1.82, 2.24) is 20.1 Å². The van der Waals surface area contributed by atoms with Crippen molar-refractivity contribution in [3.8, 4) is 0 Å². The molecule has 0 unspecified atom stereocenters.